The van der Waals surface area contributed by atoms with Crippen molar-refractivity contribution in [1.29, 1.82) is 0 Å². The lowest BCUT2D eigenvalue weighted by Gasteiger charge is -2.58. The Balaban J connectivity index is 1.41. The van der Waals surface area contributed by atoms with Gasteiger partial charge in [0.15, 0.2) is 12.4 Å². The van der Waals surface area contributed by atoms with Crippen molar-refractivity contribution in [2.75, 3.05) is 13.7 Å². The maximum Gasteiger partial charge on any atom is 0.312 e. The van der Waals surface area contributed by atoms with Crippen molar-refractivity contribution in [3.05, 3.63) is 29.8 Å². The number of carbonyl (C=O) groups excluding carboxylic acids is 2. The number of esters is 1. The number of ketones is 1. The molecule has 0 aromatic heterocycles. The standard InChI is InChI=1S/C20H23ClO4/c1-24-16-4-2-15(3-5-16)17(22)11-25-18(23)19-7-13-6-14(8-19)10-20(21,9-13)12-19/h2-5,13-14H,6-12H2,1H3. The summed E-state index contributed by atoms with van der Waals surface area (Å²) in [6.07, 6.45) is 5.66. The summed E-state index contributed by atoms with van der Waals surface area (Å²) >= 11 is 6.77. The molecule has 134 valence electrons. The van der Waals surface area contributed by atoms with E-state index in [-0.39, 0.29) is 23.2 Å². The minimum Gasteiger partial charge on any atom is -0.497 e. The number of Topliss-reactive ketones (excluding diaryl/α,β-unsaturated/α-hetero) is 1. The van der Waals surface area contributed by atoms with Gasteiger partial charge in [-0.1, -0.05) is 0 Å². The van der Waals surface area contributed by atoms with Crippen LogP contribution in [0, 0.1) is 17.3 Å². The fourth-order valence-corrected chi connectivity index (χ4v) is 6.23. The van der Waals surface area contributed by atoms with E-state index in [1.54, 1.807) is 31.4 Å². The summed E-state index contributed by atoms with van der Waals surface area (Å²) < 4.78 is 10.6. The number of halogens is 1. The molecule has 4 fully saturated rings. The maximum atomic E-state index is 12.8. The van der Waals surface area contributed by atoms with Crippen molar-refractivity contribution in [2.45, 2.75) is 43.4 Å². The fourth-order valence-electron chi connectivity index (χ4n) is 5.53. The number of alkyl halides is 1. The average molecular weight is 363 g/mol. The highest BCUT2D eigenvalue weighted by Gasteiger charge is 2.60. The number of carbonyl (C=O) groups is 2. The molecule has 0 heterocycles. The van der Waals surface area contributed by atoms with Gasteiger partial charge in [-0.3, -0.25) is 9.59 Å². The molecule has 25 heavy (non-hydrogen) atoms. The van der Waals surface area contributed by atoms with Crippen LogP contribution in [0.15, 0.2) is 24.3 Å². The quantitative estimate of drug-likeness (QED) is 0.451. The molecule has 4 saturated carbocycles. The summed E-state index contributed by atoms with van der Waals surface area (Å²) in [5.41, 5.74) is 0.0550. The highest BCUT2D eigenvalue weighted by atomic mass is 35.5. The Labute approximate surface area is 152 Å². The van der Waals surface area contributed by atoms with E-state index in [4.69, 9.17) is 21.1 Å². The normalized spacial score (nSPS) is 35.4. The van der Waals surface area contributed by atoms with Gasteiger partial charge in [0.1, 0.15) is 5.75 Å². The van der Waals surface area contributed by atoms with E-state index in [9.17, 15) is 9.59 Å². The number of ether oxygens (including phenoxy) is 2. The summed E-state index contributed by atoms with van der Waals surface area (Å²) in [5.74, 6) is 1.33. The molecule has 5 rings (SSSR count). The van der Waals surface area contributed by atoms with Gasteiger partial charge in [0.25, 0.3) is 0 Å². The molecule has 0 spiro atoms. The van der Waals surface area contributed by atoms with Crippen molar-refractivity contribution in [2.24, 2.45) is 17.3 Å². The van der Waals surface area contributed by atoms with Crippen LogP contribution in [-0.2, 0) is 9.53 Å². The molecular formula is C20H23ClO4. The third-order valence-corrected chi connectivity index (χ3v) is 6.61. The largest absolute Gasteiger partial charge is 0.497 e. The summed E-state index contributed by atoms with van der Waals surface area (Å²) in [7, 11) is 1.58. The van der Waals surface area contributed by atoms with Gasteiger partial charge in [-0.2, -0.15) is 0 Å². The second-order valence-corrected chi connectivity index (χ2v) is 8.92. The molecule has 1 aromatic rings. The molecule has 0 aliphatic heterocycles. The molecular weight excluding hydrogens is 340 g/mol. The Morgan fingerprint density at radius 2 is 1.76 bits per heavy atom. The minimum absolute atomic E-state index is 0.193. The first-order valence-corrected chi connectivity index (χ1v) is 9.33. The lowest BCUT2D eigenvalue weighted by Crippen LogP contribution is -2.56. The van der Waals surface area contributed by atoms with Crippen LogP contribution < -0.4 is 4.74 Å². The predicted octanol–water partition coefficient (Wildman–Crippen LogP) is 4.00. The van der Waals surface area contributed by atoms with Crippen molar-refractivity contribution >= 4 is 23.4 Å². The monoisotopic (exact) mass is 362 g/mol. The van der Waals surface area contributed by atoms with Crippen LogP contribution in [0.5, 0.6) is 5.75 Å². The van der Waals surface area contributed by atoms with Gasteiger partial charge < -0.3 is 9.47 Å². The first-order chi connectivity index (χ1) is 11.9. The van der Waals surface area contributed by atoms with Gasteiger partial charge in [-0.15, -0.1) is 11.6 Å². The van der Waals surface area contributed by atoms with Gasteiger partial charge in [0, 0.05) is 10.4 Å². The molecule has 0 amide bonds. The van der Waals surface area contributed by atoms with Crippen LogP contribution >= 0.6 is 11.6 Å². The molecule has 2 atom stereocenters. The van der Waals surface area contributed by atoms with Crippen LogP contribution in [0.1, 0.15) is 48.9 Å². The first kappa shape index (κ1) is 16.9. The molecule has 4 aliphatic rings. The zero-order valence-corrected chi connectivity index (χ0v) is 15.2. The van der Waals surface area contributed by atoms with Crippen LogP contribution in [-0.4, -0.2) is 30.3 Å². The van der Waals surface area contributed by atoms with E-state index in [0.717, 1.165) is 25.7 Å². The lowest BCUT2D eigenvalue weighted by molar-refractivity contribution is -0.168. The highest BCUT2D eigenvalue weighted by molar-refractivity contribution is 6.24. The summed E-state index contributed by atoms with van der Waals surface area (Å²) in [6.45, 7) is -0.211. The third-order valence-electron chi connectivity index (χ3n) is 6.17. The predicted molar refractivity (Wildman–Crippen MR) is 94.0 cm³/mol. The second kappa shape index (κ2) is 6.01. The van der Waals surface area contributed by atoms with Crippen molar-refractivity contribution in [1.82, 2.24) is 0 Å². The van der Waals surface area contributed by atoms with Gasteiger partial charge in [-0.05, 0) is 74.6 Å². The number of benzene rings is 1. The van der Waals surface area contributed by atoms with E-state index in [1.807, 2.05) is 0 Å². The van der Waals surface area contributed by atoms with Gasteiger partial charge in [-0.25, -0.2) is 0 Å². The van der Waals surface area contributed by atoms with E-state index in [2.05, 4.69) is 0 Å². The molecule has 0 saturated heterocycles. The number of hydrogen-bond acceptors (Lipinski definition) is 4. The summed E-state index contributed by atoms with van der Waals surface area (Å²) in [6, 6.07) is 6.83. The maximum absolute atomic E-state index is 12.8. The van der Waals surface area contributed by atoms with Crippen molar-refractivity contribution in [3.8, 4) is 5.75 Å². The fraction of sp³-hybridized carbons (Fsp3) is 0.600. The SMILES string of the molecule is COc1ccc(C(=O)COC(=O)C23CC4CC(CC(Cl)(C4)C2)C3)cc1. The van der Waals surface area contributed by atoms with Crippen LogP contribution in [0.25, 0.3) is 0 Å². The molecule has 4 bridgehead atoms. The van der Waals surface area contributed by atoms with Crippen LogP contribution in [0.3, 0.4) is 0 Å². The average Bonchev–Trinajstić information content (AvgIpc) is 2.57. The lowest BCUT2D eigenvalue weighted by atomic mass is 9.49. The Kier molecular flexibility index (Phi) is 4.06. The zero-order valence-electron chi connectivity index (χ0n) is 14.4. The van der Waals surface area contributed by atoms with E-state index < -0.39 is 5.41 Å². The molecule has 4 nitrogen and oxygen atoms in total. The molecule has 0 N–H and O–H groups in total. The Bertz CT molecular complexity index is 682. The Morgan fingerprint density at radius 1 is 1.12 bits per heavy atom. The zero-order chi connectivity index (χ0) is 17.7. The van der Waals surface area contributed by atoms with E-state index >= 15 is 0 Å². The molecule has 5 heteroatoms. The Hall–Kier alpha value is -1.55. The number of rotatable bonds is 5. The topological polar surface area (TPSA) is 52.6 Å². The van der Waals surface area contributed by atoms with E-state index in [0.29, 0.717) is 29.6 Å². The molecule has 2 unspecified atom stereocenters. The van der Waals surface area contributed by atoms with Crippen molar-refractivity contribution < 1.29 is 19.1 Å². The third kappa shape index (κ3) is 3.05. The first-order valence-electron chi connectivity index (χ1n) is 8.95. The minimum atomic E-state index is -0.466. The van der Waals surface area contributed by atoms with Crippen molar-refractivity contribution in [3.63, 3.8) is 0 Å². The van der Waals surface area contributed by atoms with Gasteiger partial charge in [0.2, 0.25) is 0 Å². The second-order valence-electron chi connectivity index (χ2n) is 8.12. The number of methoxy groups -OCH3 is 1. The molecule has 0 radical (unpaired) electrons. The Morgan fingerprint density at radius 3 is 2.32 bits per heavy atom. The number of hydrogen-bond donors (Lipinski definition) is 0. The summed E-state index contributed by atoms with van der Waals surface area (Å²) in [4.78, 5) is 24.9. The van der Waals surface area contributed by atoms with E-state index in [1.165, 1.54) is 6.42 Å². The van der Waals surface area contributed by atoms with Crippen LogP contribution in [0.4, 0.5) is 0 Å². The highest BCUT2D eigenvalue weighted by Crippen LogP contribution is 2.64. The smallest absolute Gasteiger partial charge is 0.312 e. The molecule has 1 aromatic carbocycles. The van der Waals surface area contributed by atoms with Gasteiger partial charge in [0.05, 0.1) is 12.5 Å². The van der Waals surface area contributed by atoms with Gasteiger partial charge >= 0.3 is 5.97 Å². The van der Waals surface area contributed by atoms with Crippen LogP contribution in [0.2, 0.25) is 0 Å². The molecule has 4 aliphatic carbocycles. The summed E-state index contributed by atoms with van der Waals surface area (Å²) in [5, 5.41) is 0.